The average molecular weight is 364 g/mol. The summed E-state index contributed by atoms with van der Waals surface area (Å²) in [5.74, 6) is 0.150. The molecule has 0 saturated carbocycles. The molecule has 2 amide bonds. The second-order valence-electron chi connectivity index (χ2n) is 6.57. The van der Waals surface area contributed by atoms with Crippen molar-refractivity contribution in [2.75, 3.05) is 12.0 Å². The minimum Gasteiger partial charge on any atom is -0.497 e. The van der Waals surface area contributed by atoms with E-state index in [0.29, 0.717) is 12.2 Å². The maximum Gasteiger partial charge on any atom is 0.263 e. The number of rotatable bonds is 5. The molecule has 2 aromatic carbocycles. The van der Waals surface area contributed by atoms with Crippen LogP contribution in [0.4, 0.5) is 5.69 Å². The predicted molar refractivity (Wildman–Crippen MR) is 99.3 cm³/mol. The van der Waals surface area contributed by atoms with Crippen molar-refractivity contribution in [1.29, 1.82) is 0 Å². The molecule has 138 valence electrons. The number of aryl methyl sites for hydroxylation is 1. The lowest BCUT2D eigenvalue weighted by Crippen LogP contribution is -2.39. The molecule has 7 nitrogen and oxygen atoms in total. The fourth-order valence-electron chi connectivity index (χ4n) is 3.41. The minimum atomic E-state index is -0.776. The van der Waals surface area contributed by atoms with E-state index >= 15 is 0 Å². The van der Waals surface area contributed by atoms with Crippen molar-refractivity contribution in [3.63, 3.8) is 0 Å². The monoisotopic (exact) mass is 364 g/mol. The van der Waals surface area contributed by atoms with Gasteiger partial charge in [0.25, 0.3) is 11.8 Å². The smallest absolute Gasteiger partial charge is 0.263 e. The van der Waals surface area contributed by atoms with Crippen LogP contribution in [0.25, 0.3) is 0 Å². The number of benzene rings is 2. The summed E-state index contributed by atoms with van der Waals surface area (Å²) in [6.45, 7) is 2.46. The first kappa shape index (κ1) is 17.2. The second-order valence-corrected chi connectivity index (χ2v) is 6.57. The summed E-state index contributed by atoms with van der Waals surface area (Å²) in [5.41, 5.74) is 2.69. The first-order valence-electron chi connectivity index (χ1n) is 8.89. The molecule has 1 fully saturated rings. The number of hydrogen-bond donors (Lipinski definition) is 0. The SMILES string of the molecule is CCc1ccc(N2C(=O)[C@H]3N=NN(Cc4ccc(OC)cc4)[C@H]3C2=O)cc1. The number of anilines is 1. The number of fused-ring (bicyclic) bond motifs is 1. The Hall–Kier alpha value is -3.22. The third-order valence-electron chi connectivity index (χ3n) is 4.96. The summed E-state index contributed by atoms with van der Waals surface area (Å²) >= 11 is 0. The summed E-state index contributed by atoms with van der Waals surface area (Å²) in [4.78, 5) is 26.9. The Labute approximate surface area is 157 Å². The highest BCUT2D eigenvalue weighted by atomic mass is 16.5. The van der Waals surface area contributed by atoms with Crippen molar-refractivity contribution < 1.29 is 14.3 Å². The Morgan fingerprint density at radius 1 is 0.963 bits per heavy atom. The molecule has 2 heterocycles. The van der Waals surface area contributed by atoms with Crippen LogP contribution >= 0.6 is 0 Å². The average Bonchev–Trinajstić information content (AvgIpc) is 3.22. The Kier molecular flexibility index (Phi) is 4.35. The molecule has 4 rings (SSSR count). The summed E-state index contributed by atoms with van der Waals surface area (Å²) in [5, 5.41) is 9.73. The van der Waals surface area contributed by atoms with E-state index in [-0.39, 0.29) is 11.8 Å². The van der Waals surface area contributed by atoms with Crippen LogP contribution in [0, 0.1) is 0 Å². The molecular weight excluding hydrogens is 344 g/mol. The van der Waals surface area contributed by atoms with Gasteiger partial charge in [-0.3, -0.25) is 14.6 Å². The summed E-state index contributed by atoms with van der Waals surface area (Å²) in [7, 11) is 1.61. The first-order chi connectivity index (χ1) is 13.1. The van der Waals surface area contributed by atoms with Gasteiger partial charge in [0.15, 0.2) is 12.1 Å². The Bertz CT molecular complexity index is 892. The van der Waals surface area contributed by atoms with Gasteiger partial charge in [0.2, 0.25) is 0 Å². The Morgan fingerprint density at radius 3 is 2.26 bits per heavy atom. The lowest BCUT2D eigenvalue weighted by Gasteiger charge is -2.20. The van der Waals surface area contributed by atoms with Gasteiger partial charge in [0.1, 0.15) is 5.75 Å². The van der Waals surface area contributed by atoms with Gasteiger partial charge in [-0.15, -0.1) is 0 Å². The fourth-order valence-corrected chi connectivity index (χ4v) is 3.41. The van der Waals surface area contributed by atoms with Crippen LogP contribution in [-0.4, -0.2) is 36.0 Å². The fraction of sp³-hybridized carbons (Fsp3) is 0.300. The van der Waals surface area contributed by atoms with Crippen molar-refractivity contribution in [3.05, 3.63) is 59.7 Å². The van der Waals surface area contributed by atoms with Crippen LogP contribution in [-0.2, 0) is 22.6 Å². The van der Waals surface area contributed by atoms with Gasteiger partial charge >= 0.3 is 0 Å². The highest BCUT2D eigenvalue weighted by molar-refractivity contribution is 6.25. The molecule has 0 aromatic heterocycles. The summed E-state index contributed by atoms with van der Waals surface area (Å²) in [6.07, 6.45) is 0.900. The maximum atomic E-state index is 13.0. The second kappa shape index (κ2) is 6.83. The number of ether oxygens (including phenoxy) is 1. The summed E-state index contributed by atoms with van der Waals surface area (Å²) < 4.78 is 5.16. The molecule has 0 aliphatic carbocycles. The van der Waals surface area contributed by atoms with Crippen LogP contribution in [0.2, 0.25) is 0 Å². The van der Waals surface area contributed by atoms with Gasteiger partial charge in [-0.05, 0) is 41.8 Å². The van der Waals surface area contributed by atoms with Crippen LogP contribution in [0.1, 0.15) is 18.1 Å². The minimum absolute atomic E-state index is 0.284. The third-order valence-corrected chi connectivity index (χ3v) is 4.96. The molecule has 0 unspecified atom stereocenters. The zero-order chi connectivity index (χ0) is 19.0. The van der Waals surface area contributed by atoms with E-state index in [1.165, 1.54) is 4.90 Å². The molecule has 2 atom stereocenters. The standard InChI is InChI=1S/C20H20N4O3/c1-3-13-4-8-15(9-5-13)24-19(25)17-18(20(24)26)23(22-21-17)12-14-6-10-16(27-2)11-7-14/h4-11,17-18H,3,12H2,1-2H3/t17-,18+/m0/s1. The molecule has 2 aromatic rings. The van der Waals surface area contributed by atoms with E-state index in [0.717, 1.165) is 23.3 Å². The lowest BCUT2D eigenvalue weighted by molar-refractivity contribution is -0.123. The molecule has 7 heteroatoms. The molecule has 1 saturated heterocycles. The third kappa shape index (κ3) is 2.95. The molecule has 0 spiro atoms. The van der Waals surface area contributed by atoms with Gasteiger partial charge < -0.3 is 4.74 Å². The van der Waals surface area contributed by atoms with Gasteiger partial charge in [0.05, 0.1) is 19.3 Å². The van der Waals surface area contributed by atoms with Crippen LogP contribution in [0.5, 0.6) is 5.75 Å². The van der Waals surface area contributed by atoms with Gasteiger partial charge in [-0.1, -0.05) is 36.4 Å². The first-order valence-corrected chi connectivity index (χ1v) is 8.89. The number of amides is 2. The summed E-state index contributed by atoms with van der Waals surface area (Å²) in [6, 6.07) is 13.5. The van der Waals surface area contributed by atoms with E-state index < -0.39 is 12.1 Å². The van der Waals surface area contributed by atoms with Crippen molar-refractivity contribution in [2.24, 2.45) is 10.3 Å². The number of carbonyl (C=O) groups excluding carboxylic acids is 2. The van der Waals surface area contributed by atoms with Crippen molar-refractivity contribution in [3.8, 4) is 5.75 Å². The van der Waals surface area contributed by atoms with Crippen molar-refractivity contribution in [2.45, 2.75) is 32.0 Å². The molecule has 0 bridgehead atoms. The maximum absolute atomic E-state index is 13.0. The zero-order valence-electron chi connectivity index (χ0n) is 15.2. The Balaban J connectivity index is 1.55. The molecule has 0 N–H and O–H groups in total. The quantitative estimate of drug-likeness (QED) is 0.765. The molecule has 0 radical (unpaired) electrons. The highest BCUT2D eigenvalue weighted by Gasteiger charge is 2.54. The number of nitrogens with zero attached hydrogens (tertiary/aromatic N) is 4. The number of carbonyl (C=O) groups is 2. The molecular formula is C20H20N4O3. The van der Waals surface area contributed by atoms with Crippen molar-refractivity contribution >= 4 is 17.5 Å². The van der Waals surface area contributed by atoms with Gasteiger partial charge in [-0.25, -0.2) is 4.90 Å². The number of imide groups is 1. The molecule has 2 aliphatic heterocycles. The van der Waals surface area contributed by atoms with Crippen LogP contribution in [0.3, 0.4) is 0 Å². The normalized spacial score (nSPS) is 21.1. The van der Waals surface area contributed by atoms with Crippen LogP contribution < -0.4 is 9.64 Å². The van der Waals surface area contributed by atoms with E-state index in [1.807, 2.05) is 36.4 Å². The van der Waals surface area contributed by atoms with Gasteiger partial charge in [0, 0.05) is 0 Å². The van der Waals surface area contributed by atoms with E-state index in [2.05, 4.69) is 17.3 Å². The number of hydrogen-bond acceptors (Lipinski definition) is 6. The zero-order valence-corrected chi connectivity index (χ0v) is 15.2. The molecule has 27 heavy (non-hydrogen) atoms. The van der Waals surface area contributed by atoms with E-state index in [1.54, 1.807) is 24.3 Å². The largest absolute Gasteiger partial charge is 0.497 e. The van der Waals surface area contributed by atoms with Gasteiger partial charge in [-0.2, -0.15) is 5.11 Å². The molecule has 2 aliphatic rings. The van der Waals surface area contributed by atoms with E-state index in [9.17, 15) is 9.59 Å². The number of methoxy groups -OCH3 is 1. The Morgan fingerprint density at radius 2 is 1.63 bits per heavy atom. The highest BCUT2D eigenvalue weighted by Crippen LogP contribution is 2.33. The topological polar surface area (TPSA) is 74.6 Å². The van der Waals surface area contributed by atoms with Crippen LogP contribution in [0.15, 0.2) is 58.9 Å². The van der Waals surface area contributed by atoms with Crippen molar-refractivity contribution in [1.82, 2.24) is 5.01 Å². The lowest BCUT2D eigenvalue weighted by atomic mass is 10.1. The predicted octanol–water partition coefficient (Wildman–Crippen LogP) is 2.75. The van der Waals surface area contributed by atoms with E-state index in [4.69, 9.17) is 4.74 Å².